The van der Waals surface area contributed by atoms with Crippen LogP contribution < -0.4 is 0 Å². The number of hydrogen-bond acceptors (Lipinski definition) is 1. The van der Waals surface area contributed by atoms with Gasteiger partial charge in [0.1, 0.15) is 0 Å². The van der Waals surface area contributed by atoms with E-state index in [1.165, 1.54) is 70.6 Å². The van der Waals surface area contributed by atoms with E-state index in [1.807, 2.05) is 0 Å². The van der Waals surface area contributed by atoms with Gasteiger partial charge in [0.05, 0.1) is 0 Å². The van der Waals surface area contributed by atoms with Crippen molar-refractivity contribution in [2.45, 2.75) is 111 Å². The molecule has 28 heavy (non-hydrogen) atoms. The maximum atomic E-state index is 10.8. The zero-order chi connectivity index (χ0) is 19.9. The van der Waals surface area contributed by atoms with Crippen LogP contribution in [0, 0.1) is 46.3 Å². The molecule has 0 saturated heterocycles. The van der Waals surface area contributed by atoms with Crippen molar-refractivity contribution in [3.05, 3.63) is 0 Å². The smallest absolute Gasteiger partial charge is 0.303 e. The number of unbranched alkanes of at least 4 members (excludes halogenated alkanes) is 1. The second-order valence-corrected chi connectivity index (χ2v) is 11.7. The van der Waals surface area contributed by atoms with Crippen molar-refractivity contribution in [1.29, 1.82) is 0 Å². The largest absolute Gasteiger partial charge is 0.481 e. The Labute approximate surface area is 173 Å². The van der Waals surface area contributed by atoms with Crippen LogP contribution in [0.4, 0.5) is 0 Å². The van der Waals surface area contributed by atoms with Gasteiger partial charge in [0.15, 0.2) is 0 Å². The highest BCUT2D eigenvalue weighted by Crippen LogP contribution is 2.68. The predicted molar refractivity (Wildman–Crippen MR) is 115 cm³/mol. The average Bonchev–Trinajstić information content (AvgIpc) is 3.01. The van der Waals surface area contributed by atoms with Crippen LogP contribution in [0.3, 0.4) is 0 Å². The lowest BCUT2D eigenvalue weighted by Crippen LogP contribution is -2.53. The molecule has 2 heteroatoms. The summed E-state index contributed by atoms with van der Waals surface area (Å²) in [6.45, 7) is 7.83. The molecule has 0 bridgehead atoms. The number of carbonyl (C=O) groups is 1. The molecule has 160 valence electrons. The van der Waals surface area contributed by atoms with Crippen LogP contribution in [0.5, 0.6) is 0 Å². The van der Waals surface area contributed by atoms with E-state index in [0.29, 0.717) is 17.3 Å². The summed E-state index contributed by atoms with van der Waals surface area (Å²) in [5, 5.41) is 8.90. The topological polar surface area (TPSA) is 37.3 Å². The van der Waals surface area contributed by atoms with Crippen molar-refractivity contribution in [1.82, 2.24) is 0 Å². The summed E-state index contributed by atoms with van der Waals surface area (Å²) in [5.74, 6) is 5.01. The minimum absolute atomic E-state index is 0.348. The van der Waals surface area contributed by atoms with E-state index in [-0.39, 0.29) is 0 Å². The molecule has 0 spiro atoms. The number of carboxylic acid groups (broad SMARTS) is 1. The van der Waals surface area contributed by atoms with Crippen LogP contribution in [0.1, 0.15) is 111 Å². The van der Waals surface area contributed by atoms with E-state index >= 15 is 0 Å². The van der Waals surface area contributed by atoms with Crippen LogP contribution in [0.2, 0.25) is 0 Å². The standard InChI is InChI=1S/C26H44O2/c1-18(8-4-5-10-24(27)28)21-13-14-22-20-12-11-19-9-6-7-16-25(19,2)23(20)15-17-26(21,22)3/h18-23H,4-17H2,1-3H3,(H,27,28)/t18-,19+,20+,21-,22+,23+,25+,26-/m1/s1. The van der Waals surface area contributed by atoms with E-state index in [2.05, 4.69) is 20.8 Å². The summed E-state index contributed by atoms with van der Waals surface area (Å²) in [7, 11) is 0. The lowest BCUT2D eigenvalue weighted by Gasteiger charge is -2.61. The van der Waals surface area contributed by atoms with E-state index in [4.69, 9.17) is 5.11 Å². The molecule has 4 aliphatic rings. The van der Waals surface area contributed by atoms with Crippen LogP contribution in [0.25, 0.3) is 0 Å². The maximum Gasteiger partial charge on any atom is 0.303 e. The van der Waals surface area contributed by atoms with Crippen LogP contribution in [-0.2, 0) is 4.79 Å². The van der Waals surface area contributed by atoms with Crippen molar-refractivity contribution >= 4 is 5.97 Å². The Morgan fingerprint density at radius 2 is 1.71 bits per heavy atom. The van der Waals surface area contributed by atoms with Gasteiger partial charge < -0.3 is 5.11 Å². The first kappa shape index (κ1) is 20.7. The summed E-state index contributed by atoms with van der Waals surface area (Å²) in [6, 6.07) is 0. The number of rotatable bonds is 6. The minimum Gasteiger partial charge on any atom is -0.481 e. The van der Waals surface area contributed by atoms with Crippen LogP contribution in [-0.4, -0.2) is 11.1 Å². The molecule has 2 nitrogen and oxygen atoms in total. The fourth-order valence-corrected chi connectivity index (χ4v) is 9.21. The third kappa shape index (κ3) is 3.45. The number of fused-ring (bicyclic) bond motifs is 5. The van der Waals surface area contributed by atoms with E-state index < -0.39 is 5.97 Å². The Hall–Kier alpha value is -0.530. The lowest BCUT2D eigenvalue weighted by molar-refractivity contribution is -0.137. The molecule has 8 atom stereocenters. The SMILES string of the molecule is C[C@H](CCCCC(=O)O)[C@H]1CC[C@H]2[C@@H]3CC[C@@H]4CCCC[C@]4(C)[C@H]3CC[C@]12C. The highest BCUT2D eigenvalue weighted by Gasteiger charge is 2.59. The predicted octanol–water partition coefficient (Wildman–Crippen LogP) is 7.32. The fourth-order valence-electron chi connectivity index (χ4n) is 9.21. The number of carboxylic acids is 1. The molecule has 4 aliphatic carbocycles. The lowest BCUT2D eigenvalue weighted by atomic mass is 9.44. The summed E-state index contributed by atoms with van der Waals surface area (Å²) >= 11 is 0. The van der Waals surface area contributed by atoms with Crippen molar-refractivity contribution in [2.75, 3.05) is 0 Å². The second-order valence-electron chi connectivity index (χ2n) is 11.7. The van der Waals surface area contributed by atoms with Crippen molar-refractivity contribution < 1.29 is 9.90 Å². The molecule has 4 rings (SSSR count). The molecule has 0 aromatic heterocycles. The molecule has 0 unspecified atom stereocenters. The van der Waals surface area contributed by atoms with E-state index in [0.717, 1.165) is 48.3 Å². The summed E-state index contributed by atoms with van der Waals surface area (Å²) in [5.41, 5.74) is 1.22. The molecular formula is C26H44O2. The van der Waals surface area contributed by atoms with Crippen LogP contribution in [0.15, 0.2) is 0 Å². The Balaban J connectivity index is 1.42. The fraction of sp³-hybridized carbons (Fsp3) is 0.962. The monoisotopic (exact) mass is 388 g/mol. The van der Waals surface area contributed by atoms with E-state index in [9.17, 15) is 4.79 Å². The summed E-state index contributed by atoms with van der Waals surface area (Å²) in [6.07, 6.45) is 18.4. The Morgan fingerprint density at radius 3 is 2.50 bits per heavy atom. The van der Waals surface area contributed by atoms with E-state index in [1.54, 1.807) is 0 Å². The molecule has 0 amide bonds. The van der Waals surface area contributed by atoms with Gasteiger partial charge in [0, 0.05) is 6.42 Å². The third-order valence-electron chi connectivity index (χ3n) is 10.6. The van der Waals surface area contributed by atoms with Gasteiger partial charge in [0.25, 0.3) is 0 Å². The molecule has 0 radical (unpaired) electrons. The molecule has 0 aliphatic heterocycles. The van der Waals surface area contributed by atoms with Gasteiger partial charge in [-0.15, -0.1) is 0 Å². The second kappa shape index (κ2) is 7.95. The van der Waals surface area contributed by atoms with Gasteiger partial charge in [-0.1, -0.05) is 46.5 Å². The number of aliphatic carboxylic acids is 1. The van der Waals surface area contributed by atoms with Gasteiger partial charge in [-0.05, 0) is 104 Å². The normalized spacial score (nSPS) is 46.3. The first-order chi connectivity index (χ1) is 13.4. The minimum atomic E-state index is -0.634. The van der Waals surface area contributed by atoms with Gasteiger partial charge >= 0.3 is 5.97 Å². The summed E-state index contributed by atoms with van der Waals surface area (Å²) in [4.78, 5) is 10.8. The highest BCUT2D eigenvalue weighted by atomic mass is 16.4. The molecule has 4 saturated carbocycles. The molecule has 0 heterocycles. The molecular weight excluding hydrogens is 344 g/mol. The molecule has 0 aromatic carbocycles. The van der Waals surface area contributed by atoms with Crippen molar-refractivity contribution in [2.24, 2.45) is 46.3 Å². The Bertz CT molecular complexity index is 571. The van der Waals surface area contributed by atoms with Gasteiger partial charge in [-0.3, -0.25) is 4.79 Å². The zero-order valence-electron chi connectivity index (χ0n) is 18.7. The van der Waals surface area contributed by atoms with Crippen molar-refractivity contribution in [3.8, 4) is 0 Å². The third-order valence-corrected chi connectivity index (χ3v) is 10.6. The van der Waals surface area contributed by atoms with Gasteiger partial charge in [-0.2, -0.15) is 0 Å². The Kier molecular flexibility index (Phi) is 5.89. The maximum absolute atomic E-state index is 10.8. The number of hydrogen-bond donors (Lipinski definition) is 1. The Morgan fingerprint density at radius 1 is 0.929 bits per heavy atom. The van der Waals surface area contributed by atoms with Gasteiger partial charge in [-0.25, -0.2) is 0 Å². The van der Waals surface area contributed by atoms with Gasteiger partial charge in [0.2, 0.25) is 0 Å². The summed E-state index contributed by atoms with van der Waals surface area (Å²) < 4.78 is 0. The first-order valence-corrected chi connectivity index (χ1v) is 12.6. The van der Waals surface area contributed by atoms with Crippen molar-refractivity contribution in [3.63, 3.8) is 0 Å². The molecule has 0 aromatic rings. The van der Waals surface area contributed by atoms with Crippen LogP contribution >= 0.6 is 0 Å². The average molecular weight is 389 g/mol. The first-order valence-electron chi connectivity index (χ1n) is 12.6. The zero-order valence-corrected chi connectivity index (χ0v) is 18.7. The molecule has 1 N–H and O–H groups in total. The quantitative estimate of drug-likeness (QED) is 0.484. The molecule has 4 fully saturated rings. The highest BCUT2D eigenvalue weighted by molar-refractivity contribution is 5.66.